The molecule has 1 aliphatic rings. The van der Waals surface area contributed by atoms with E-state index >= 15 is 0 Å². The van der Waals surface area contributed by atoms with E-state index in [2.05, 4.69) is 108 Å². The van der Waals surface area contributed by atoms with Crippen molar-refractivity contribution in [2.45, 2.75) is 52.4 Å². The number of nitrogens with zero attached hydrogens (tertiary/aromatic N) is 2. The Morgan fingerprint density at radius 3 is 1.13 bits per heavy atom. The number of amidine groups is 4. The summed E-state index contributed by atoms with van der Waals surface area (Å²) >= 11 is 0. The van der Waals surface area contributed by atoms with Crippen molar-refractivity contribution in [2.75, 3.05) is 0 Å². The number of fused-ring (bicyclic) bond motifs is 1. The van der Waals surface area contributed by atoms with Crippen LogP contribution in [0.4, 0.5) is 0 Å². The molecule has 1 heterocycles. The lowest BCUT2D eigenvalue weighted by molar-refractivity contribution is 0.590. The van der Waals surface area contributed by atoms with Crippen LogP contribution in [0.5, 0.6) is 0 Å². The Hall–Kier alpha value is -5.42. The van der Waals surface area contributed by atoms with Crippen LogP contribution in [0.15, 0.2) is 131 Å². The van der Waals surface area contributed by atoms with Gasteiger partial charge in [0.2, 0.25) is 0 Å². The first-order chi connectivity index (χ1) is 22.4. The van der Waals surface area contributed by atoms with Crippen molar-refractivity contribution in [3.05, 3.63) is 155 Å². The van der Waals surface area contributed by atoms with Crippen molar-refractivity contribution < 1.29 is 0 Å². The Labute approximate surface area is 278 Å². The van der Waals surface area contributed by atoms with E-state index in [4.69, 9.17) is 20.8 Å². The van der Waals surface area contributed by atoms with Gasteiger partial charge in [-0.05, 0) is 56.3 Å². The summed E-state index contributed by atoms with van der Waals surface area (Å²) in [7, 11) is 0. The van der Waals surface area contributed by atoms with Gasteiger partial charge in [-0.3, -0.25) is 10.8 Å². The average Bonchev–Trinajstić information content (AvgIpc) is 3.39. The fourth-order valence-corrected chi connectivity index (χ4v) is 5.74. The van der Waals surface area contributed by atoms with Crippen molar-refractivity contribution in [3.8, 4) is 22.3 Å². The van der Waals surface area contributed by atoms with Crippen molar-refractivity contribution >= 4 is 23.3 Å². The molecule has 0 saturated carbocycles. The largest absolute Gasteiger partial charge is 0.324 e. The van der Waals surface area contributed by atoms with Crippen molar-refractivity contribution in [3.63, 3.8) is 0 Å². The third-order valence-corrected chi connectivity index (χ3v) is 8.57. The van der Waals surface area contributed by atoms with Crippen LogP contribution in [0.2, 0.25) is 0 Å². The molecule has 0 atom stereocenters. The van der Waals surface area contributed by atoms with Gasteiger partial charge < -0.3 is 5.32 Å². The lowest BCUT2D eigenvalue weighted by atomic mass is 9.84. The first-order valence-electron chi connectivity index (χ1n) is 16.0. The van der Waals surface area contributed by atoms with Crippen LogP contribution in [0.1, 0.15) is 74.9 Å². The highest BCUT2D eigenvalue weighted by molar-refractivity contribution is 6.30. The molecule has 0 spiro atoms. The average molecular weight is 616 g/mol. The highest BCUT2D eigenvalue weighted by atomic mass is 15.1. The third-order valence-electron chi connectivity index (χ3n) is 8.57. The molecule has 0 amide bonds. The molecule has 0 radical (unpaired) electrons. The van der Waals surface area contributed by atoms with Crippen LogP contribution < -0.4 is 5.32 Å². The van der Waals surface area contributed by atoms with Gasteiger partial charge in [0.25, 0.3) is 0 Å². The summed E-state index contributed by atoms with van der Waals surface area (Å²) in [5, 5.41) is 21.0. The van der Waals surface area contributed by atoms with Crippen molar-refractivity contribution in [1.29, 1.82) is 10.8 Å². The molecule has 1 aliphatic heterocycles. The Morgan fingerprint density at radius 2 is 0.809 bits per heavy atom. The Balaban J connectivity index is 1.56. The van der Waals surface area contributed by atoms with Gasteiger partial charge in [0.05, 0.1) is 0 Å². The molecule has 5 nitrogen and oxygen atoms in total. The highest BCUT2D eigenvalue weighted by Crippen LogP contribution is 2.38. The summed E-state index contributed by atoms with van der Waals surface area (Å²) in [4.78, 5) is 9.56. The number of nitrogens with one attached hydrogen (secondary N) is 3. The smallest absolute Gasteiger partial charge is 0.154 e. The molecule has 5 aromatic carbocycles. The second kappa shape index (κ2) is 12.4. The van der Waals surface area contributed by atoms with Crippen LogP contribution in [0.3, 0.4) is 0 Å². The van der Waals surface area contributed by atoms with E-state index in [0.717, 1.165) is 44.5 Å². The zero-order valence-corrected chi connectivity index (χ0v) is 27.9. The Bertz CT molecular complexity index is 1860. The summed E-state index contributed by atoms with van der Waals surface area (Å²) in [6.07, 6.45) is 0. The lowest BCUT2D eigenvalue weighted by Crippen LogP contribution is -2.24. The maximum atomic E-state index is 8.82. The SMILES string of the molecule is CC(C)(C)c1ccc(-c2cc3c(cc2-c2ccc(C(C)(C)C)cc2)C(=NC(=N)c2ccccc2)NC3=NC(=N)c2ccccc2)cc1. The molecule has 47 heavy (non-hydrogen) atoms. The minimum absolute atomic E-state index is 0.0399. The van der Waals surface area contributed by atoms with Crippen molar-refractivity contribution in [2.24, 2.45) is 9.98 Å². The Morgan fingerprint density at radius 1 is 0.468 bits per heavy atom. The highest BCUT2D eigenvalue weighted by Gasteiger charge is 2.28. The van der Waals surface area contributed by atoms with E-state index < -0.39 is 0 Å². The standard InChI is InChI=1S/C42H41N5/c1-41(2,3)31-21-17-27(18-22-31)33-25-35-36(26-34(33)28-19-23-32(24-20-28)42(4,5)6)40(46-38(44)30-15-11-8-12-16-30)47-39(35)45-37(43)29-13-9-7-10-14-29/h7-26H,1-6H3,(H3,43,44,45,46,47). The molecule has 5 heteroatoms. The number of hydrogen-bond acceptors (Lipinski definition) is 2. The molecule has 0 fully saturated rings. The predicted octanol–water partition coefficient (Wildman–Crippen LogP) is 9.76. The summed E-state index contributed by atoms with van der Waals surface area (Å²) in [5.41, 5.74) is 10.1. The number of benzene rings is 5. The fourth-order valence-electron chi connectivity index (χ4n) is 5.74. The van der Waals surface area contributed by atoms with E-state index in [1.807, 2.05) is 60.7 Å². The van der Waals surface area contributed by atoms with Crippen LogP contribution in [-0.4, -0.2) is 23.3 Å². The number of aliphatic imine (C=N–C) groups is 2. The second-order valence-corrected chi connectivity index (χ2v) is 14.1. The Kier molecular flexibility index (Phi) is 8.33. The van der Waals surface area contributed by atoms with Crippen LogP contribution >= 0.6 is 0 Å². The van der Waals surface area contributed by atoms with Gasteiger partial charge in [-0.1, -0.05) is 151 Å². The molecule has 3 N–H and O–H groups in total. The van der Waals surface area contributed by atoms with Gasteiger partial charge >= 0.3 is 0 Å². The van der Waals surface area contributed by atoms with Gasteiger partial charge in [-0.2, -0.15) is 0 Å². The van der Waals surface area contributed by atoms with E-state index in [1.165, 1.54) is 11.1 Å². The zero-order valence-electron chi connectivity index (χ0n) is 27.9. The lowest BCUT2D eigenvalue weighted by Gasteiger charge is -2.21. The molecule has 0 saturated heterocycles. The maximum Gasteiger partial charge on any atom is 0.154 e. The van der Waals surface area contributed by atoms with Gasteiger partial charge in [0, 0.05) is 22.3 Å². The van der Waals surface area contributed by atoms with E-state index in [-0.39, 0.29) is 22.5 Å². The van der Waals surface area contributed by atoms with Gasteiger partial charge in [-0.15, -0.1) is 0 Å². The molecular formula is C42H41N5. The topological polar surface area (TPSA) is 84.5 Å². The molecule has 234 valence electrons. The molecule has 0 aliphatic carbocycles. The van der Waals surface area contributed by atoms with E-state index in [9.17, 15) is 0 Å². The molecular weight excluding hydrogens is 574 g/mol. The molecule has 6 rings (SSSR count). The normalized spacial score (nSPS) is 14.6. The summed E-state index contributed by atoms with van der Waals surface area (Å²) in [6, 6.07) is 41.0. The minimum atomic E-state index is 0.0399. The summed E-state index contributed by atoms with van der Waals surface area (Å²) < 4.78 is 0. The predicted molar refractivity (Wildman–Crippen MR) is 197 cm³/mol. The fraction of sp³-hybridized carbons (Fsp3) is 0.190. The molecule has 0 aromatic heterocycles. The zero-order chi connectivity index (χ0) is 33.3. The van der Waals surface area contributed by atoms with E-state index in [0.29, 0.717) is 11.7 Å². The molecule has 5 aromatic rings. The third kappa shape index (κ3) is 6.75. The molecule has 0 bridgehead atoms. The van der Waals surface area contributed by atoms with Gasteiger partial charge in [0.15, 0.2) is 11.7 Å². The molecule has 0 unspecified atom stereocenters. The van der Waals surface area contributed by atoms with Gasteiger partial charge in [-0.25, -0.2) is 9.98 Å². The first kappa shape index (κ1) is 31.6. The van der Waals surface area contributed by atoms with Crippen molar-refractivity contribution in [1.82, 2.24) is 5.32 Å². The first-order valence-corrected chi connectivity index (χ1v) is 16.0. The minimum Gasteiger partial charge on any atom is -0.324 e. The second-order valence-electron chi connectivity index (χ2n) is 14.1. The number of rotatable bonds is 4. The maximum absolute atomic E-state index is 8.82. The monoisotopic (exact) mass is 615 g/mol. The van der Waals surface area contributed by atoms with E-state index in [1.54, 1.807) is 0 Å². The van der Waals surface area contributed by atoms with Gasteiger partial charge in [0.1, 0.15) is 11.7 Å². The summed E-state index contributed by atoms with van der Waals surface area (Å²) in [6.45, 7) is 13.4. The van der Waals surface area contributed by atoms with Crippen LogP contribution in [0.25, 0.3) is 22.3 Å². The summed E-state index contributed by atoms with van der Waals surface area (Å²) in [5.74, 6) is 1.37. The quantitative estimate of drug-likeness (QED) is 0.136. The number of hydrogen-bond donors (Lipinski definition) is 3. The van der Waals surface area contributed by atoms with Crippen LogP contribution in [-0.2, 0) is 10.8 Å². The van der Waals surface area contributed by atoms with Crippen LogP contribution in [0, 0.1) is 10.8 Å².